The van der Waals surface area contributed by atoms with Crippen LogP contribution in [0.3, 0.4) is 0 Å². The van der Waals surface area contributed by atoms with Gasteiger partial charge in [0.05, 0.1) is 11.5 Å². The van der Waals surface area contributed by atoms with E-state index in [0.717, 1.165) is 19.3 Å². The van der Waals surface area contributed by atoms with Gasteiger partial charge < -0.3 is 10.0 Å². The molecule has 2 atom stereocenters. The highest BCUT2D eigenvalue weighted by molar-refractivity contribution is 7.89. The number of aliphatic hydroxyl groups is 1. The van der Waals surface area contributed by atoms with Gasteiger partial charge in [-0.1, -0.05) is 12.5 Å². The largest absolute Gasteiger partial charge is 0.396 e. The molecule has 7 heteroatoms. The standard InChI is InChI=1S/C19H26N2O4S/c1-3-11-20(2)18(23)15-6-8-17(9-7-15)26(24,25)21-12-16-5-4-10-19(16,13-21)14-22/h3,6-9,16,22H,1,4-5,10-14H2,2H3/t16-,19+/m1/s1. The van der Waals surface area contributed by atoms with E-state index in [1.165, 1.54) is 21.3 Å². The SMILES string of the molecule is C=CCN(C)C(=O)c1ccc(S(=O)(=O)N2C[C@H]3CCC[C@@]3(CO)C2)cc1. The molecule has 1 aromatic carbocycles. The number of aliphatic hydroxyl groups excluding tert-OH is 1. The molecule has 1 N–H and O–H groups in total. The average Bonchev–Trinajstić information content (AvgIpc) is 3.19. The number of nitrogens with zero attached hydrogens (tertiary/aromatic N) is 2. The zero-order chi connectivity index (χ0) is 18.9. The maximum Gasteiger partial charge on any atom is 0.253 e. The Hall–Kier alpha value is -1.70. The van der Waals surface area contributed by atoms with E-state index in [-0.39, 0.29) is 28.7 Å². The van der Waals surface area contributed by atoms with E-state index in [4.69, 9.17) is 0 Å². The fraction of sp³-hybridized carbons (Fsp3) is 0.526. The molecule has 1 aliphatic heterocycles. The van der Waals surface area contributed by atoms with Gasteiger partial charge in [0.1, 0.15) is 0 Å². The van der Waals surface area contributed by atoms with Crippen LogP contribution in [0.15, 0.2) is 41.8 Å². The van der Waals surface area contributed by atoms with Crippen molar-refractivity contribution in [1.82, 2.24) is 9.21 Å². The maximum atomic E-state index is 13.0. The van der Waals surface area contributed by atoms with Crippen LogP contribution >= 0.6 is 0 Å². The van der Waals surface area contributed by atoms with Crippen LogP contribution in [0.5, 0.6) is 0 Å². The van der Waals surface area contributed by atoms with Crippen molar-refractivity contribution in [2.24, 2.45) is 11.3 Å². The summed E-state index contributed by atoms with van der Waals surface area (Å²) in [5, 5.41) is 9.80. The van der Waals surface area contributed by atoms with Gasteiger partial charge in [0.2, 0.25) is 10.0 Å². The summed E-state index contributed by atoms with van der Waals surface area (Å²) in [5.74, 6) is 0.0551. The minimum atomic E-state index is -3.62. The zero-order valence-electron chi connectivity index (χ0n) is 15.1. The first-order chi connectivity index (χ1) is 12.3. The molecule has 1 aromatic rings. The third-order valence-electron chi connectivity index (χ3n) is 5.81. The van der Waals surface area contributed by atoms with Crippen LogP contribution in [-0.4, -0.2) is 61.9 Å². The number of amides is 1. The molecule has 0 spiro atoms. The molecule has 6 nitrogen and oxygen atoms in total. The van der Waals surface area contributed by atoms with Crippen LogP contribution in [0.25, 0.3) is 0 Å². The summed E-state index contributed by atoms with van der Waals surface area (Å²) in [7, 11) is -1.95. The highest BCUT2D eigenvalue weighted by atomic mass is 32.2. The lowest BCUT2D eigenvalue weighted by Crippen LogP contribution is -2.34. The average molecular weight is 378 g/mol. The zero-order valence-corrected chi connectivity index (χ0v) is 15.9. The number of fused-ring (bicyclic) bond motifs is 1. The van der Waals surface area contributed by atoms with Gasteiger partial charge in [0.15, 0.2) is 0 Å². The monoisotopic (exact) mass is 378 g/mol. The Balaban J connectivity index is 1.78. The van der Waals surface area contributed by atoms with E-state index in [0.29, 0.717) is 25.2 Å². The predicted octanol–water partition coefficient (Wildman–Crippen LogP) is 1.73. The van der Waals surface area contributed by atoms with Gasteiger partial charge in [-0.15, -0.1) is 6.58 Å². The fourth-order valence-corrected chi connectivity index (χ4v) is 5.80. The molecule has 142 valence electrons. The van der Waals surface area contributed by atoms with Crippen molar-refractivity contribution >= 4 is 15.9 Å². The normalized spacial score (nSPS) is 25.8. The van der Waals surface area contributed by atoms with Crippen molar-refractivity contribution < 1.29 is 18.3 Å². The van der Waals surface area contributed by atoms with Crippen LogP contribution in [0, 0.1) is 11.3 Å². The van der Waals surface area contributed by atoms with Gasteiger partial charge >= 0.3 is 0 Å². The molecule has 0 unspecified atom stereocenters. The van der Waals surface area contributed by atoms with Crippen LogP contribution in [-0.2, 0) is 10.0 Å². The first-order valence-corrected chi connectivity index (χ1v) is 10.4. The summed E-state index contributed by atoms with van der Waals surface area (Å²) in [5.41, 5.74) is 0.162. The summed E-state index contributed by atoms with van der Waals surface area (Å²) in [6, 6.07) is 6.08. The number of hydrogen-bond acceptors (Lipinski definition) is 4. The van der Waals surface area contributed by atoms with E-state index in [2.05, 4.69) is 6.58 Å². The Morgan fingerprint density at radius 2 is 2.12 bits per heavy atom. The van der Waals surface area contributed by atoms with Crippen molar-refractivity contribution in [3.63, 3.8) is 0 Å². The minimum absolute atomic E-state index is 0.0345. The van der Waals surface area contributed by atoms with Gasteiger partial charge in [-0.2, -0.15) is 4.31 Å². The molecular weight excluding hydrogens is 352 g/mol. The summed E-state index contributed by atoms with van der Waals surface area (Å²) >= 11 is 0. The molecule has 2 aliphatic rings. The predicted molar refractivity (Wildman–Crippen MR) is 99.2 cm³/mol. The molecule has 1 saturated carbocycles. The summed E-state index contributed by atoms with van der Waals surface area (Å²) in [4.78, 5) is 14.0. The van der Waals surface area contributed by atoms with Crippen molar-refractivity contribution in [3.05, 3.63) is 42.5 Å². The smallest absolute Gasteiger partial charge is 0.253 e. The van der Waals surface area contributed by atoms with Gasteiger partial charge in [0, 0.05) is 37.7 Å². The molecule has 1 heterocycles. The topological polar surface area (TPSA) is 77.9 Å². The molecule has 3 rings (SSSR count). The lowest BCUT2D eigenvalue weighted by atomic mass is 9.82. The lowest BCUT2D eigenvalue weighted by Gasteiger charge is -2.25. The lowest BCUT2D eigenvalue weighted by molar-refractivity contribution is 0.0810. The van der Waals surface area contributed by atoms with Crippen LogP contribution in [0.2, 0.25) is 0 Å². The van der Waals surface area contributed by atoms with Crippen molar-refractivity contribution in [2.45, 2.75) is 24.2 Å². The van der Waals surface area contributed by atoms with Gasteiger partial charge in [0.25, 0.3) is 5.91 Å². The number of carbonyl (C=O) groups excluding carboxylic acids is 1. The molecule has 1 amide bonds. The Morgan fingerprint density at radius 3 is 2.69 bits per heavy atom. The number of likely N-dealkylation sites (N-methyl/N-ethyl adjacent to an activating group) is 1. The highest BCUT2D eigenvalue weighted by Gasteiger charge is 2.52. The molecule has 1 saturated heterocycles. The first kappa shape index (κ1) is 19.1. The van der Waals surface area contributed by atoms with Crippen LogP contribution < -0.4 is 0 Å². The van der Waals surface area contributed by atoms with E-state index in [1.807, 2.05) is 0 Å². The van der Waals surface area contributed by atoms with Crippen LogP contribution in [0.1, 0.15) is 29.6 Å². The quantitative estimate of drug-likeness (QED) is 0.765. The third kappa shape index (κ3) is 3.19. The van der Waals surface area contributed by atoms with Gasteiger partial charge in [-0.05, 0) is 43.0 Å². The molecule has 2 fully saturated rings. The second kappa shape index (κ2) is 7.13. The Kier molecular flexibility index (Phi) is 5.23. The number of benzene rings is 1. The summed E-state index contributed by atoms with van der Waals surface area (Å²) in [6.07, 6.45) is 4.53. The molecule has 1 aliphatic carbocycles. The molecular formula is C19H26N2O4S. The van der Waals surface area contributed by atoms with Crippen molar-refractivity contribution in [1.29, 1.82) is 0 Å². The van der Waals surface area contributed by atoms with E-state index in [9.17, 15) is 18.3 Å². The van der Waals surface area contributed by atoms with Gasteiger partial charge in [-0.3, -0.25) is 4.79 Å². The first-order valence-electron chi connectivity index (χ1n) is 8.91. The van der Waals surface area contributed by atoms with Gasteiger partial charge in [-0.25, -0.2) is 8.42 Å². The maximum absolute atomic E-state index is 13.0. The van der Waals surface area contributed by atoms with E-state index >= 15 is 0 Å². The number of hydrogen-bond donors (Lipinski definition) is 1. The third-order valence-corrected chi connectivity index (χ3v) is 7.64. The van der Waals surface area contributed by atoms with Crippen LogP contribution in [0.4, 0.5) is 0 Å². The minimum Gasteiger partial charge on any atom is -0.396 e. The Morgan fingerprint density at radius 1 is 1.42 bits per heavy atom. The summed E-state index contributed by atoms with van der Waals surface area (Å²) < 4.78 is 27.4. The van der Waals surface area contributed by atoms with Crippen molar-refractivity contribution in [2.75, 3.05) is 33.3 Å². The number of rotatable bonds is 6. The second-order valence-electron chi connectivity index (χ2n) is 7.41. The summed E-state index contributed by atoms with van der Waals surface area (Å²) in [6.45, 7) is 4.91. The molecule has 0 bridgehead atoms. The highest BCUT2D eigenvalue weighted by Crippen LogP contribution is 2.49. The molecule has 26 heavy (non-hydrogen) atoms. The number of carbonyl (C=O) groups is 1. The second-order valence-corrected chi connectivity index (χ2v) is 9.34. The van der Waals surface area contributed by atoms with E-state index < -0.39 is 10.0 Å². The molecule has 0 radical (unpaired) electrons. The Bertz CT molecular complexity index is 790. The number of sulfonamides is 1. The molecule has 0 aromatic heterocycles. The fourth-order valence-electron chi connectivity index (χ4n) is 4.22. The van der Waals surface area contributed by atoms with E-state index in [1.54, 1.807) is 25.3 Å². The Labute approximate surface area is 155 Å². The van der Waals surface area contributed by atoms with Crippen molar-refractivity contribution in [3.8, 4) is 0 Å².